The molecule has 10 heteroatoms. The lowest BCUT2D eigenvalue weighted by Crippen LogP contribution is -2.57. The van der Waals surface area contributed by atoms with Crippen LogP contribution in [-0.4, -0.2) is 65.2 Å². The number of fused-ring (bicyclic) bond motifs is 2. The van der Waals surface area contributed by atoms with E-state index in [2.05, 4.69) is 0 Å². The molecule has 1 aliphatic carbocycles. The van der Waals surface area contributed by atoms with Crippen molar-refractivity contribution in [3.05, 3.63) is 64.7 Å². The Kier molecular flexibility index (Phi) is 8.85. The third-order valence-electron chi connectivity index (χ3n) is 8.93. The fourth-order valence-electron chi connectivity index (χ4n) is 6.55. The molecule has 2 heterocycles. The molecule has 5 rings (SSSR count). The maximum atomic E-state index is 13.9. The number of carbonyl (C=O) groups is 2. The van der Waals surface area contributed by atoms with Gasteiger partial charge in [-0.1, -0.05) is 48.4 Å². The highest BCUT2D eigenvalue weighted by atomic mass is 35.5. The van der Waals surface area contributed by atoms with E-state index in [1.807, 2.05) is 4.90 Å². The topological polar surface area (TPSA) is 70.1 Å². The molecule has 0 radical (unpaired) electrons. The van der Waals surface area contributed by atoms with Crippen LogP contribution in [-0.2, 0) is 10.4 Å². The van der Waals surface area contributed by atoms with Crippen LogP contribution in [0.2, 0.25) is 5.02 Å². The first-order valence-corrected chi connectivity index (χ1v) is 14.8. The van der Waals surface area contributed by atoms with Crippen LogP contribution < -0.4 is 4.74 Å². The molecule has 0 aromatic heterocycles. The standard InChI is InChI=1S/C31H36ClF3N2O4/c32-27-19-25(11-12-26(27)28(38)37-20-22-9-10-24(37)18-22)41-17-5-4-6-21-13-15-36(16-14-21)29(39)30(40,31(33,34)35)23-7-2-1-3-8-23/h1-3,7-8,11-12,19,21-22,24,40H,4-6,9-10,13-18,20H2/t22?,24-,30?/m1/s1. The number of likely N-dealkylation sites (tertiary alicyclic amines) is 2. The highest BCUT2D eigenvalue weighted by Crippen LogP contribution is 2.42. The number of hydrogen-bond donors (Lipinski definition) is 1. The van der Waals surface area contributed by atoms with Crippen LogP contribution in [0.25, 0.3) is 0 Å². The van der Waals surface area contributed by atoms with Gasteiger partial charge in [-0.25, -0.2) is 0 Å². The Balaban J connectivity index is 1.04. The lowest BCUT2D eigenvalue weighted by atomic mass is 9.88. The minimum absolute atomic E-state index is 0.00959. The number of piperidine rings is 2. The molecule has 3 fully saturated rings. The normalized spacial score (nSPS) is 22.6. The number of amides is 2. The van der Waals surface area contributed by atoms with Gasteiger partial charge in [0.25, 0.3) is 17.4 Å². The first kappa shape index (κ1) is 29.7. The Hall–Kier alpha value is -2.78. The van der Waals surface area contributed by atoms with Gasteiger partial charge in [0.05, 0.1) is 17.2 Å². The monoisotopic (exact) mass is 592 g/mol. The number of ether oxygens (including phenoxy) is 1. The molecule has 2 amide bonds. The van der Waals surface area contributed by atoms with Crippen molar-refractivity contribution < 1.29 is 32.6 Å². The molecule has 2 aromatic carbocycles. The molecule has 2 unspecified atom stereocenters. The van der Waals surface area contributed by atoms with Gasteiger partial charge in [-0.2, -0.15) is 13.2 Å². The zero-order chi connectivity index (χ0) is 29.2. The predicted molar refractivity (Wildman–Crippen MR) is 149 cm³/mol. The highest BCUT2D eigenvalue weighted by Gasteiger charge is 2.62. The SMILES string of the molecule is O=C(c1ccc(OCCCCC2CCN(C(=O)C(O)(c3ccccc3)C(F)(F)F)CC2)cc1Cl)N1CC2CC[C@@H]1C2. The summed E-state index contributed by atoms with van der Waals surface area (Å²) in [4.78, 5) is 28.9. The Morgan fingerprint density at radius 3 is 2.34 bits per heavy atom. The summed E-state index contributed by atoms with van der Waals surface area (Å²) in [7, 11) is 0. The number of carbonyl (C=O) groups excluding carboxylic acids is 2. The number of aliphatic hydroxyl groups is 1. The van der Waals surface area contributed by atoms with Crippen LogP contribution in [0.1, 0.15) is 67.3 Å². The van der Waals surface area contributed by atoms with Gasteiger partial charge in [-0.05, 0) is 75.0 Å². The minimum Gasteiger partial charge on any atom is -0.494 e. The average Bonchev–Trinajstić information content (AvgIpc) is 3.60. The quantitative estimate of drug-likeness (QED) is 0.352. The van der Waals surface area contributed by atoms with E-state index in [0.29, 0.717) is 47.7 Å². The van der Waals surface area contributed by atoms with Crippen molar-refractivity contribution in [1.82, 2.24) is 9.80 Å². The fraction of sp³-hybridized carbons (Fsp3) is 0.548. The molecular formula is C31H36ClF3N2O4. The third-order valence-corrected chi connectivity index (χ3v) is 9.24. The molecule has 41 heavy (non-hydrogen) atoms. The van der Waals surface area contributed by atoms with Crippen molar-refractivity contribution in [3.63, 3.8) is 0 Å². The Morgan fingerprint density at radius 2 is 1.73 bits per heavy atom. The van der Waals surface area contributed by atoms with Crippen LogP contribution in [0.4, 0.5) is 13.2 Å². The second kappa shape index (κ2) is 12.2. The number of nitrogens with zero attached hydrogens (tertiary/aromatic N) is 2. The summed E-state index contributed by atoms with van der Waals surface area (Å²) in [5.74, 6) is 0.188. The number of rotatable bonds is 9. The maximum absolute atomic E-state index is 13.9. The summed E-state index contributed by atoms with van der Waals surface area (Å²) >= 11 is 6.43. The molecule has 6 nitrogen and oxygen atoms in total. The largest absolute Gasteiger partial charge is 0.494 e. The van der Waals surface area contributed by atoms with E-state index >= 15 is 0 Å². The summed E-state index contributed by atoms with van der Waals surface area (Å²) < 4.78 is 47.5. The zero-order valence-electron chi connectivity index (χ0n) is 22.9. The second-order valence-corrected chi connectivity index (χ2v) is 12.0. The first-order valence-electron chi connectivity index (χ1n) is 14.4. The van der Waals surface area contributed by atoms with Gasteiger partial charge in [0.1, 0.15) is 5.75 Å². The molecule has 2 aliphatic heterocycles. The van der Waals surface area contributed by atoms with Gasteiger partial charge in [0.15, 0.2) is 0 Å². The number of benzene rings is 2. The molecule has 3 aliphatic rings. The van der Waals surface area contributed by atoms with Crippen molar-refractivity contribution in [2.24, 2.45) is 11.8 Å². The van der Waals surface area contributed by atoms with E-state index in [1.54, 1.807) is 18.2 Å². The number of hydrogen-bond acceptors (Lipinski definition) is 4. The van der Waals surface area contributed by atoms with E-state index in [-0.39, 0.29) is 24.9 Å². The summed E-state index contributed by atoms with van der Waals surface area (Å²) in [5, 5.41) is 11.0. The Labute approximate surface area is 243 Å². The second-order valence-electron chi connectivity index (χ2n) is 11.6. The Bertz CT molecular complexity index is 1240. The van der Waals surface area contributed by atoms with Crippen molar-refractivity contribution in [1.29, 1.82) is 0 Å². The predicted octanol–water partition coefficient (Wildman–Crippen LogP) is 6.20. The highest BCUT2D eigenvalue weighted by molar-refractivity contribution is 6.34. The summed E-state index contributed by atoms with van der Waals surface area (Å²) in [5.41, 5.74) is -3.52. The van der Waals surface area contributed by atoms with Gasteiger partial charge in [-0.15, -0.1) is 0 Å². The molecule has 2 bridgehead atoms. The number of halogens is 4. The molecule has 3 atom stereocenters. The smallest absolute Gasteiger partial charge is 0.430 e. The summed E-state index contributed by atoms with van der Waals surface area (Å²) in [6.45, 7) is 1.64. The lowest BCUT2D eigenvalue weighted by Gasteiger charge is -2.38. The van der Waals surface area contributed by atoms with E-state index < -0.39 is 23.2 Å². The first-order chi connectivity index (χ1) is 19.6. The van der Waals surface area contributed by atoms with Gasteiger partial charge < -0.3 is 19.6 Å². The van der Waals surface area contributed by atoms with Crippen molar-refractivity contribution >= 4 is 23.4 Å². The van der Waals surface area contributed by atoms with Crippen LogP contribution >= 0.6 is 11.6 Å². The van der Waals surface area contributed by atoms with Gasteiger partial charge in [0, 0.05) is 31.2 Å². The molecule has 2 saturated heterocycles. The molecular weight excluding hydrogens is 557 g/mol. The van der Waals surface area contributed by atoms with Crippen LogP contribution in [0, 0.1) is 11.8 Å². The lowest BCUT2D eigenvalue weighted by molar-refractivity contribution is -0.262. The van der Waals surface area contributed by atoms with Crippen molar-refractivity contribution in [3.8, 4) is 5.75 Å². The van der Waals surface area contributed by atoms with Gasteiger partial charge in [-0.3, -0.25) is 9.59 Å². The molecule has 0 spiro atoms. The summed E-state index contributed by atoms with van der Waals surface area (Å²) in [6, 6.07) is 12.1. The molecule has 2 aromatic rings. The van der Waals surface area contributed by atoms with Gasteiger partial charge in [0.2, 0.25) is 0 Å². The van der Waals surface area contributed by atoms with E-state index in [1.165, 1.54) is 24.6 Å². The third kappa shape index (κ3) is 6.21. The fourth-order valence-corrected chi connectivity index (χ4v) is 6.80. The number of alkyl halides is 3. The molecule has 222 valence electrons. The average molecular weight is 593 g/mol. The molecule has 1 N–H and O–H groups in total. The minimum atomic E-state index is -5.13. The number of unbranched alkanes of at least 4 members (excludes halogenated alkanes) is 1. The van der Waals surface area contributed by atoms with Gasteiger partial charge >= 0.3 is 6.18 Å². The van der Waals surface area contributed by atoms with Crippen LogP contribution in [0.15, 0.2) is 48.5 Å². The Morgan fingerprint density at radius 1 is 1.00 bits per heavy atom. The van der Waals surface area contributed by atoms with E-state index in [9.17, 15) is 27.9 Å². The zero-order valence-corrected chi connectivity index (χ0v) is 23.7. The van der Waals surface area contributed by atoms with E-state index in [4.69, 9.17) is 16.3 Å². The van der Waals surface area contributed by atoms with Crippen molar-refractivity contribution in [2.75, 3.05) is 26.2 Å². The van der Waals surface area contributed by atoms with Crippen LogP contribution in [0.5, 0.6) is 5.75 Å². The van der Waals surface area contributed by atoms with Crippen molar-refractivity contribution in [2.45, 2.75) is 69.2 Å². The van der Waals surface area contributed by atoms with Crippen LogP contribution in [0.3, 0.4) is 0 Å². The summed E-state index contributed by atoms with van der Waals surface area (Å²) in [6.07, 6.45) is 1.94. The van der Waals surface area contributed by atoms with E-state index in [0.717, 1.165) is 55.7 Å². The molecule has 1 saturated carbocycles. The maximum Gasteiger partial charge on any atom is 0.430 e.